The number of benzene rings is 2. The Kier molecular flexibility index (Phi) is 3.98. The Hall–Kier alpha value is -2.36. The Morgan fingerprint density at radius 2 is 1.71 bits per heavy atom. The van der Waals surface area contributed by atoms with Crippen molar-refractivity contribution in [2.45, 2.75) is 26.2 Å². The van der Waals surface area contributed by atoms with Gasteiger partial charge in [0.15, 0.2) is 0 Å². The molecule has 0 aliphatic carbocycles. The van der Waals surface area contributed by atoms with Crippen LogP contribution in [-0.2, 0) is 5.41 Å². The maximum Gasteiger partial charge on any atom is 0.258 e. The van der Waals surface area contributed by atoms with E-state index in [-0.39, 0.29) is 11.0 Å². The molecule has 0 saturated carbocycles. The van der Waals surface area contributed by atoms with Crippen molar-refractivity contribution in [3.63, 3.8) is 0 Å². The summed E-state index contributed by atoms with van der Waals surface area (Å²) in [5.41, 5.74) is 7.57. The van der Waals surface area contributed by atoms with E-state index in [0.717, 1.165) is 6.07 Å². The largest absolute Gasteiger partial charge is 0.399 e. The number of nitrogen functional groups attached to an aromatic ring is 1. The van der Waals surface area contributed by atoms with E-state index in [1.165, 1.54) is 17.7 Å². The predicted molar refractivity (Wildman–Crippen MR) is 83.9 cm³/mol. The van der Waals surface area contributed by atoms with Gasteiger partial charge in [-0.2, -0.15) is 0 Å². The molecule has 0 aromatic heterocycles. The predicted octanol–water partition coefficient (Wildman–Crippen LogP) is 3.96. The van der Waals surface area contributed by atoms with Gasteiger partial charge in [0.1, 0.15) is 5.82 Å². The highest BCUT2D eigenvalue weighted by Crippen LogP contribution is 2.23. The zero-order valence-electron chi connectivity index (χ0n) is 12.4. The Morgan fingerprint density at radius 1 is 1.10 bits per heavy atom. The molecule has 0 aliphatic heterocycles. The summed E-state index contributed by atoms with van der Waals surface area (Å²) in [5.74, 6) is -1.12. The van der Waals surface area contributed by atoms with Gasteiger partial charge in [0, 0.05) is 11.4 Å². The van der Waals surface area contributed by atoms with Crippen LogP contribution in [0.2, 0.25) is 0 Å². The molecule has 21 heavy (non-hydrogen) atoms. The molecule has 0 unspecified atom stereocenters. The summed E-state index contributed by atoms with van der Waals surface area (Å²) in [6.07, 6.45) is 0. The fourth-order valence-corrected chi connectivity index (χ4v) is 1.97. The number of halogens is 1. The molecule has 0 spiro atoms. The normalized spacial score (nSPS) is 11.2. The van der Waals surface area contributed by atoms with Crippen LogP contribution in [0.25, 0.3) is 0 Å². The van der Waals surface area contributed by atoms with Gasteiger partial charge >= 0.3 is 0 Å². The number of carbonyl (C=O) groups is 1. The average molecular weight is 286 g/mol. The smallest absolute Gasteiger partial charge is 0.258 e. The fraction of sp³-hybridized carbons (Fsp3) is 0.235. The molecule has 0 atom stereocenters. The highest BCUT2D eigenvalue weighted by atomic mass is 19.1. The van der Waals surface area contributed by atoms with Crippen molar-refractivity contribution >= 4 is 17.3 Å². The number of anilines is 2. The van der Waals surface area contributed by atoms with Crippen LogP contribution in [-0.4, -0.2) is 5.91 Å². The van der Waals surface area contributed by atoms with Crippen molar-refractivity contribution in [2.75, 3.05) is 11.1 Å². The third-order valence-corrected chi connectivity index (χ3v) is 3.25. The van der Waals surface area contributed by atoms with Crippen molar-refractivity contribution in [1.29, 1.82) is 0 Å². The number of carbonyl (C=O) groups excluding carboxylic acids is 1. The second-order valence-electron chi connectivity index (χ2n) is 6.02. The topological polar surface area (TPSA) is 55.1 Å². The zero-order valence-corrected chi connectivity index (χ0v) is 12.4. The number of nitrogens with one attached hydrogen (secondary N) is 1. The van der Waals surface area contributed by atoms with E-state index in [4.69, 9.17) is 5.73 Å². The molecule has 3 nitrogen and oxygen atoms in total. The molecule has 0 heterocycles. The van der Waals surface area contributed by atoms with Gasteiger partial charge in [0.2, 0.25) is 0 Å². The lowest BCUT2D eigenvalue weighted by atomic mass is 9.87. The second-order valence-corrected chi connectivity index (χ2v) is 6.02. The van der Waals surface area contributed by atoms with Gasteiger partial charge in [0.25, 0.3) is 5.91 Å². The summed E-state index contributed by atoms with van der Waals surface area (Å²) in [4.78, 5) is 12.0. The van der Waals surface area contributed by atoms with E-state index < -0.39 is 11.7 Å². The first-order valence-electron chi connectivity index (χ1n) is 6.74. The summed E-state index contributed by atoms with van der Waals surface area (Å²) < 4.78 is 13.7. The molecule has 2 aromatic rings. The third kappa shape index (κ3) is 3.60. The van der Waals surface area contributed by atoms with Gasteiger partial charge in [-0.3, -0.25) is 4.79 Å². The standard InChI is InChI=1S/C17H19FN2O/c1-17(2,3)11-4-7-13(8-5-11)20-16(21)14-9-6-12(19)10-15(14)18/h4-10H,19H2,1-3H3,(H,20,21). The molecule has 0 aliphatic rings. The third-order valence-electron chi connectivity index (χ3n) is 3.25. The van der Waals surface area contributed by atoms with Gasteiger partial charge in [-0.25, -0.2) is 4.39 Å². The van der Waals surface area contributed by atoms with Gasteiger partial charge in [-0.1, -0.05) is 32.9 Å². The van der Waals surface area contributed by atoms with E-state index >= 15 is 0 Å². The lowest BCUT2D eigenvalue weighted by Crippen LogP contribution is -2.15. The van der Waals surface area contributed by atoms with Gasteiger partial charge < -0.3 is 11.1 Å². The Bertz CT molecular complexity index is 657. The molecule has 0 bridgehead atoms. The van der Waals surface area contributed by atoms with Crippen molar-refractivity contribution in [2.24, 2.45) is 0 Å². The van der Waals surface area contributed by atoms with Crippen LogP contribution in [0, 0.1) is 5.82 Å². The second kappa shape index (κ2) is 5.56. The van der Waals surface area contributed by atoms with E-state index in [2.05, 4.69) is 26.1 Å². The molecule has 4 heteroatoms. The lowest BCUT2D eigenvalue weighted by molar-refractivity contribution is 0.102. The van der Waals surface area contributed by atoms with E-state index in [9.17, 15) is 9.18 Å². The van der Waals surface area contributed by atoms with Crippen LogP contribution in [0.1, 0.15) is 36.7 Å². The Morgan fingerprint density at radius 3 is 2.24 bits per heavy atom. The zero-order chi connectivity index (χ0) is 15.6. The summed E-state index contributed by atoms with van der Waals surface area (Å²) in [6, 6.07) is 11.5. The first-order valence-corrected chi connectivity index (χ1v) is 6.74. The van der Waals surface area contributed by atoms with E-state index in [1.807, 2.05) is 24.3 Å². The molecular weight excluding hydrogens is 267 g/mol. The number of amides is 1. The van der Waals surface area contributed by atoms with Gasteiger partial charge in [-0.05, 0) is 41.3 Å². The quantitative estimate of drug-likeness (QED) is 0.821. The minimum absolute atomic E-state index is 0.0240. The minimum atomic E-state index is -0.626. The number of rotatable bonds is 2. The molecule has 1 amide bonds. The summed E-state index contributed by atoms with van der Waals surface area (Å²) >= 11 is 0. The molecule has 3 N–H and O–H groups in total. The maximum absolute atomic E-state index is 13.7. The first kappa shape index (κ1) is 15.0. The molecule has 2 aromatic carbocycles. The van der Waals surface area contributed by atoms with Gasteiger partial charge in [-0.15, -0.1) is 0 Å². The molecular formula is C17H19FN2O. The molecule has 2 rings (SSSR count). The SMILES string of the molecule is CC(C)(C)c1ccc(NC(=O)c2ccc(N)cc2F)cc1. The molecule has 0 fully saturated rings. The van der Waals surface area contributed by atoms with Gasteiger partial charge in [0.05, 0.1) is 5.56 Å². The van der Waals surface area contributed by atoms with Crippen LogP contribution in [0.3, 0.4) is 0 Å². The average Bonchev–Trinajstić information content (AvgIpc) is 2.38. The van der Waals surface area contributed by atoms with Crippen LogP contribution in [0.15, 0.2) is 42.5 Å². The number of nitrogens with two attached hydrogens (primary N) is 1. The highest BCUT2D eigenvalue weighted by molar-refractivity contribution is 6.04. The van der Waals surface area contributed by atoms with Crippen molar-refractivity contribution in [1.82, 2.24) is 0 Å². The monoisotopic (exact) mass is 286 g/mol. The summed E-state index contributed by atoms with van der Waals surface area (Å²) in [6.45, 7) is 6.35. The fourth-order valence-electron chi connectivity index (χ4n) is 1.97. The summed E-state index contributed by atoms with van der Waals surface area (Å²) in [7, 11) is 0. The van der Waals surface area contributed by atoms with Crippen LogP contribution in [0.4, 0.5) is 15.8 Å². The van der Waals surface area contributed by atoms with Crippen molar-refractivity contribution < 1.29 is 9.18 Å². The van der Waals surface area contributed by atoms with E-state index in [1.54, 1.807) is 0 Å². The van der Waals surface area contributed by atoms with Crippen molar-refractivity contribution in [3.8, 4) is 0 Å². The number of hydrogen-bond donors (Lipinski definition) is 2. The Labute approximate surface area is 124 Å². The minimum Gasteiger partial charge on any atom is -0.399 e. The Balaban J connectivity index is 2.16. The van der Waals surface area contributed by atoms with Crippen molar-refractivity contribution in [3.05, 3.63) is 59.4 Å². The molecule has 0 saturated heterocycles. The lowest BCUT2D eigenvalue weighted by Gasteiger charge is -2.19. The molecule has 0 radical (unpaired) electrons. The first-order chi connectivity index (χ1) is 9.77. The van der Waals surface area contributed by atoms with Crippen LogP contribution in [0.5, 0.6) is 0 Å². The van der Waals surface area contributed by atoms with E-state index in [0.29, 0.717) is 11.4 Å². The van der Waals surface area contributed by atoms with Crippen LogP contribution >= 0.6 is 0 Å². The van der Waals surface area contributed by atoms with Crippen LogP contribution < -0.4 is 11.1 Å². The highest BCUT2D eigenvalue weighted by Gasteiger charge is 2.14. The molecule has 110 valence electrons. The summed E-state index contributed by atoms with van der Waals surface area (Å²) in [5, 5.41) is 2.68. The number of hydrogen-bond acceptors (Lipinski definition) is 2. The maximum atomic E-state index is 13.7.